The smallest absolute Gasteiger partial charge is 0.0240 e. The molecule has 1 nitrogen and oxygen atoms in total. The van der Waals surface area contributed by atoms with Crippen LogP contribution in [-0.4, -0.2) is 12.1 Å². The molecule has 0 heterocycles. The van der Waals surface area contributed by atoms with Crippen molar-refractivity contribution in [2.45, 2.75) is 44.7 Å². The van der Waals surface area contributed by atoms with E-state index in [0.717, 1.165) is 5.92 Å². The predicted molar refractivity (Wildman–Crippen MR) is 89.5 cm³/mol. The van der Waals surface area contributed by atoms with Gasteiger partial charge in [-0.3, -0.25) is 0 Å². The maximum absolute atomic E-state index is 3.84. The summed E-state index contributed by atoms with van der Waals surface area (Å²) >= 11 is 0. The molecule has 1 N–H and O–H groups in total. The molecule has 21 heavy (non-hydrogen) atoms. The van der Waals surface area contributed by atoms with Crippen molar-refractivity contribution < 1.29 is 0 Å². The van der Waals surface area contributed by atoms with Crippen LogP contribution in [0.1, 0.15) is 43.7 Å². The van der Waals surface area contributed by atoms with E-state index in [0.29, 0.717) is 18.0 Å². The molecule has 0 aromatic heterocycles. The molecule has 2 aromatic carbocycles. The van der Waals surface area contributed by atoms with Crippen molar-refractivity contribution in [1.82, 2.24) is 5.32 Å². The summed E-state index contributed by atoms with van der Waals surface area (Å²) in [5, 5.41) is 3.84. The molecule has 1 saturated carbocycles. The highest BCUT2D eigenvalue weighted by Gasteiger charge is 2.30. The zero-order valence-electron chi connectivity index (χ0n) is 13.0. The minimum atomic E-state index is 0.411. The van der Waals surface area contributed by atoms with Gasteiger partial charge in [0.2, 0.25) is 0 Å². The third-order valence-electron chi connectivity index (χ3n) is 4.67. The lowest BCUT2D eigenvalue weighted by atomic mass is 9.85. The van der Waals surface area contributed by atoms with Crippen LogP contribution >= 0.6 is 0 Å². The molecular weight excluding hydrogens is 254 g/mol. The molecule has 0 radical (unpaired) electrons. The highest BCUT2D eigenvalue weighted by Crippen LogP contribution is 2.34. The van der Waals surface area contributed by atoms with E-state index in [9.17, 15) is 0 Å². The average Bonchev–Trinajstić information content (AvgIpc) is 3.34. The monoisotopic (exact) mass is 279 g/mol. The molecule has 0 saturated heterocycles. The summed E-state index contributed by atoms with van der Waals surface area (Å²) in [6.45, 7) is 4.66. The molecular formula is C20H25N. The van der Waals surface area contributed by atoms with E-state index < -0.39 is 0 Å². The Morgan fingerprint density at radius 1 is 0.810 bits per heavy atom. The maximum Gasteiger partial charge on any atom is 0.0240 e. The third-order valence-corrected chi connectivity index (χ3v) is 4.67. The van der Waals surface area contributed by atoms with Crippen LogP contribution in [0.3, 0.4) is 0 Å². The van der Waals surface area contributed by atoms with Gasteiger partial charge in [-0.25, -0.2) is 0 Å². The molecule has 2 aromatic rings. The van der Waals surface area contributed by atoms with Crippen molar-refractivity contribution in [3.8, 4) is 0 Å². The Balaban J connectivity index is 1.85. The van der Waals surface area contributed by atoms with Gasteiger partial charge >= 0.3 is 0 Å². The van der Waals surface area contributed by atoms with Crippen LogP contribution in [0.15, 0.2) is 60.7 Å². The second-order valence-corrected chi connectivity index (χ2v) is 6.38. The first-order chi connectivity index (χ1) is 10.3. The molecule has 1 aliphatic carbocycles. The van der Waals surface area contributed by atoms with E-state index in [1.807, 2.05) is 0 Å². The highest BCUT2D eigenvalue weighted by molar-refractivity contribution is 5.34. The maximum atomic E-state index is 3.84. The van der Waals surface area contributed by atoms with Crippen LogP contribution in [0.25, 0.3) is 0 Å². The van der Waals surface area contributed by atoms with Gasteiger partial charge in [0.25, 0.3) is 0 Å². The van der Waals surface area contributed by atoms with E-state index >= 15 is 0 Å². The zero-order valence-corrected chi connectivity index (χ0v) is 13.0. The number of hydrogen-bond acceptors (Lipinski definition) is 1. The minimum absolute atomic E-state index is 0.411. The lowest BCUT2D eigenvalue weighted by molar-refractivity contribution is 0.407. The zero-order chi connectivity index (χ0) is 14.7. The Hall–Kier alpha value is -1.60. The molecule has 1 heteroatoms. The standard InChI is InChI=1S/C20H25N/c1-15(17-13-14-17)21-16(2)20(18-9-5-3-6-10-18)19-11-7-4-8-12-19/h3-12,15-17,20-21H,13-14H2,1-2H3. The van der Waals surface area contributed by atoms with Crippen LogP contribution in [0, 0.1) is 5.92 Å². The Kier molecular flexibility index (Phi) is 4.40. The molecule has 110 valence electrons. The van der Waals surface area contributed by atoms with Crippen LogP contribution in [0.4, 0.5) is 0 Å². The summed E-state index contributed by atoms with van der Waals surface area (Å²) in [6.07, 6.45) is 2.78. The van der Waals surface area contributed by atoms with Crippen molar-refractivity contribution >= 4 is 0 Å². The highest BCUT2D eigenvalue weighted by atomic mass is 15.0. The summed E-state index contributed by atoms with van der Waals surface area (Å²) in [7, 11) is 0. The molecule has 2 atom stereocenters. The molecule has 2 unspecified atom stereocenters. The summed E-state index contributed by atoms with van der Waals surface area (Å²) in [5.74, 6) is 1.30. The van der Waals surface area contributed by atoms with Crippen molar-refractivity contribution in [2.75, 3.05) is 0 Å². The minimum Gasteiger partial charge on any atom is -0.311 e. The fourth-order valence-corrected chi connectivity index (χ4v) is 3.33. The fourth-order valence-electron chi connectivity index (χ4n) is 3.33. The van der Waals surface area contributed by atoms with Gasteiger partial charge in [-0.15, -0.1) is 0 Å². The van der Waals surface area contributed by atoms with Crippen molar-refractivity contribution in [1.29, 1.82) is 0 Å². The quantitative estimate of drug-likeness (QED) is 0.815. The summed E-state index contributed by atoms with van der Waals surface area (Å²) in [5.41, 5.74) is 2.79. The second-order valence-electron chi connectivity index (χ2n) is 6.38. The first-order valence-electron chi connectivity index (χ1n) is 8.11. The molecule has 0 bridgehead atoms. The topological polar surface area (TPSA) is 12.0 Å². The van der Waals surface area contributed by atoms with Gasteiger partial charge in [-0.1, -0.05) is 60.7 Å². The molecule has 0 aliphatic heterocycles. The molecule has 1 fully saturated rings. The fraction of sp³-hybridized carbons (Fsp3) is 0.400. The van der Waals surface area contributed by atoms with E-state index in [1.165, 1.54) is 24.0 Å². The molecule has 3 rings (SSSR count). The summed E-state index contributed by atoms with van der Waals surface area (Å²) in [4.78, 5) is 0. The SMILES string of the molecule is CC(NC(C)C(c1ccccc1)c1ccccc1)C1CC1. The molecule has 0 spiro atoms. The number of nitrogens with one attached hydrogen (secondary N) is 1. The van der Waals surface area contributed by atoms with Gasteiger partial charge in [0.05, 0.1) is 0 Å². The van der Waals surface area contributed by atoms with Crippen LogP contribution in [0.5, 0.6) is 0 Å². The lowest BCUT2D eigenvalue weighted by Gasteiger charge is -2.29. The van der Waals surface area contributed by atoms with Crippen LogP contribution < -0.4 is 5.32 Å². The van der Waals surface area contributed by atoms with Gasteiger partial charge in [0, 0.05) is 18.0 Å². The van der Waals surface area contributed by atoms with Gasteiger partial charge in [-0.05, 0) is 43.7 Å². The van der Waals surface area contributed by atoms with Crippen LogP contribution in [-0.2, 0) is 0 Å². The largest absolute Gasteiger partial charge is 0.311 e. The Labute approximate surface area is 128 Å². The van der Waals surface area contributed by atoms with E-state index in [4.69, 9.17) is 0 Å². The third kappa shape index (κ3) is 3.54. The van der Waals surface area contributed by atoms with E-state index in [2.05, 4.69) is 79.8 Å². The van der Waals surface area contributed by atoms with Gasteiger partial charge in [0.1, 0.15) is 0 Å². The van der Waals surface area contributed by atoms with Crippen molar-refractivity contribution in [3.63, 3.8) is 0 Å². The predicted octanol–water partition coefficient (Wildman–Crippen LogP) is 4.60. The van der Waals surface area contributed by atoms with Crippen molar-refractivity contribution in [2.24, 2.45) is 5.92 Å². The van der Waals surface area contributed by atoms with Gasteiger partial charge in [-0.2, -0.15) is 0 Å². The summed E-state index contributed by atoms with van der Waals surface area (Å²) in [6, 6.07) is 22.8. The molecule has 1 aliphatic rings. The second kappa shape index (κ2) is 6.44. The van der Waals surface area contributed by atoms with E-state index in [1.54, 1.807) is 0 Å². The number of rotatable bonds is 6. The Bertz CT molecular complexity index is 505. The molecule has 0 amide bonds. The number of hydrogen-bond donors (Lipinski definition) is 1. The van der Waals surface area contributed by atoms with Crippen molar-refractivity contribution in [3.05, 3.63) is 71.8 Å². The number of benzene rings is 2. The average molecular weight is 279 g/mol. The van der Waals surface area contributed by atoms with Crippen LogP contribution in [0.2, 0.25) is 0 Å². The lowest BCUT2D eigenvalue weighted by Crippen LogP contribution is -2.40. The Morgan fingerprint density at radius 2 is 1.29 bits per heavy atom. The normalized spacial score (nSPS) is 17.7. The van der Waals surface area contributed by atoms with Gasteiger partial charge < -0.3 is 5.32 Å². The summed E-state index contributed by atoms with van der Waals surface area (Å²) < 4.78 is 0. The Morgan fingerprint density at radius 3 is 1.71 bits per heavy atom. The van der Waals surface area contributed by atoms with E-state index in [-0.39, 0.29) is 0 Å². The first-order valence-corrected chi connectivity index (χ1v) is 8.11. The first kappa shape index (κ1) is 14.3. The van der Waals surface area contributed by atoms with Gasteiger partial charge in [0.15, 0.2) is 0 Å².